The predicted octanol–water partition coefficient (Wildman–Crippen LogP) is 2.21. The second-order valence-corrected chi connectivity index (χ2v) is 4.60. The van der Waals surface area contributed by atoms with E-state index in [4.69, 9.17) is 0 Å². The molecule has 0 aliphatic rings. The summed E-state index contributed by atoms with van der Waals surface area (Å²) in [6, 6.07) is 8.73. The number of benzene rings is 1. The standard InChI is InChI=1S/C14H22N2O/c1-10(2)12-5-7-13(8-6-12)11(3)16-9-14(17)15-4/h5-8,10-11,16H,9H2,1-4H3,(H,15,17). The third-order valence-electron chi connectivity index (χ3n) is 2.95. The summed E-state index contributed by atoms with van der Waals surface area (Å²) in [4.78, 5) is 11.1. The van der Waals surface area contributed by atoms with Crippen molar-refractivity contribution in [1.29, 1.82) is 0 Å². The first kappa shape index (κ1) is 13.7. The first-order valence-corrected chi connectivity index (χ1v) is 6.08. The molecule has 1 rings (SSSR count). The molecule has 1 unspecified atom stereocenters. The Labute approximate surface area is 104 Å². The van der Waals surface area contributed by atoms with E-state index in [1.165, 1.54) is 11.1 Å². The van der Waals surface area contributed by atoms with Crippen LogP contribution in [0.4, 0.5) is 0 Å². The number of likely N-dealkylation sites (N-methyl/N-ethyl adjacent to an activating group) is 1. The van der Waals surface area contributed by atoms with Crippen molar-refractivity contribution >= 4 is 5.91 Å². The Bertz CT molecular complexity index is 357. The predicted molar refractivity (Wildman–Crippen MR) is 71.0 cm³/mol. The normalized spacial score (nSPS) is 12.5. The highest BCUT2D eigenvalue weighted by molar-refractivity contribution is 5.77. The van der Waals surface area contributed by atoms with Gasteiger partial charge in [0.15, 0.2) is 0 Å². The average Bonchev–Trinajstić information content (AvgIpc) is 2.35. The zero-order valence-corrected chi connectivity index (χ0v) is 11.1. The van der Waals surface area contributed by atoms with Gasteiger partial charge in [-0.1, -0.05) is 38.1 Å². The molecule has 0 aliphatic heterocycles. The Morgan fingerprint density at radius 3 is 2.12 bits per heavy atom. The Kier molecular flexibility index (Phi) is 5.16. The fraction of sp³-hybridized carbons (Fsp3) is 0.500. The van der Waals surface area contributed by atoms with Crippen LogP contribution in [0.25, 0.3) is 0 Å². The van der Waals surface area contributed by atoms with Gasteiger partial charge in [0.2, 0.25) is 5.91 Å². The molecule has 0 aliphatic carbocycles. The van der Waals surface area contributed by atoms with E-state index < -0.39 is 0 Å². The van der Waals surface area contributed by atoms with Gasteiger partial charge in [-0.05, 0) is 24.0 Å². The SMILES string of the molecule is CNC(=O)CNC(C)c1ccc(C(C)C)cc1. The van der Waals surface area contributed by atoms with Crippen LogP contribution in [0.2, 0.25) is 0 Å². The van der Waals surface area contributed by atoms with Crippen LogP contribution < -0.4 is 10.6 Å². The molecule has 0 radical (unpaired) electrons. The zero-order valence-electron chi connectivity index (χ0n) is 11.1. The van der Waals surface area contributed by atoms with Crippen molar-refractivity contribution in [3.63, 3.8) is 0 Å². The highest BCUT2D eigenvalue weighted by Gasteiger charge is 2.07. The van der Waals surface area contributed by atoms with Crippen molar-refractivity contribution in [1.82, 2.24) is 10.6 Å². The summed E-state index contributed by atoms with van der Waals surface area (Å²) >= 11 is 0. The van der Waals surface area contributed by atoms with Gasteiger partial charge >= 0.3 is 0 Å². The molecule has 3 nitrogen and oxygen atoms in total. The van der Waals surface area contributed by atoms with Gasteiger partial charge in [-0.15, -0.1) is 0 Å². The topological polar surface area (TPSA) is 41.1 Å². The molecule has 17 heavy (non-hydrogen) atoms. The lowest BCUT2D eigenvalue weighted by molar-refractivity contribution is -0.119. The third-order valence-corrected chi connectivity index (χ3v) is 2.95. The van der Waals surface area contributed by atoms with Crippen molar-refractivity contribution in [2.75, 3.05) is 13.6 Å². The van der Waals surface area contributed by atoms with Crippen molar-refractivity contribution in [3.8, 4) is 0 Å². The fourth-order valence-electron chi connectivity index (χ4n) is 1.62. The molecular weight excluding hydrogens is 212 g/mol. The molecule has 2 N–H and O–H groups in total. The van der Waals surface area contributed by atoms with Crippen molar-refractivity contribution in [2.24, 2.45) is 0 Å². The molecule has 1 aromatic rings. The smallest absolute Gasteiger partial charge is 0.233 e. The van der Waals surface area contributed by atoms with Gasteiger partial charge in [0, 0.05) is 13.1 Å². The maximum Gasteiger partial charge on any atom is 0.233 e. The minimum atomic E-state index is 0.00986. The molecule has 0 bridgehead atoms. The number of carbonyl (C=O) groups is 1. The molecular formula is C14H22N2O. The van der Waals surface area contributed by atoms with Gasteiger partial charge in [-0.2, -0.15) is 0 Å². The molecule has 1 aromatic carbocycles. The summed E-state index contributed by atoms with van der Waals surface area (Å²) in [7, 11) is 1.64. The highest BCUT2D eigenvalue weighted by Crippen LogP contribution is 2.18. The monoisotopic (exact) mass is 234 g/mol. The van der Waals surface area contributed by atoms with E-state index in [1.54, 1.807) is 7.05 Å². The van der Waals surface area contributed by atoms with E-state index >= 15 is 0 Å². The van der Waals surface area contributed by atoms with Gasteiger partial charge in [-0.3, -0.25) is 4.79 Å². The van der Waals surface area contributed by atoms with Gasteiger partial charge in [0.25, 0.3) is 0 Å². The Balaban J connectivity index is 2.57. The van der Waals surface area contributed by atoms with Crippen LogP contribution in [0.5, 0.6) is 0 Å². The number of amides is 1. The van der Waals surface area contributed by atoms with Crippen LogP contribution in [-0.2, 0) is 4.79 Å². The average molecular weight is 234 g/mol. The summed E-state index contributed by atoms with van der Waals surface area (Å²) < 4.78 is 0. The lowest BCUT2D eigenvalue weighted by Gasteiger charge is -2.14. The molecule has 1 amide bonds. The van der Waals surface area contributed by atoms with E-state index in [0.29, 0.717) is 12.5 Å². The molecule has 0 saturated carbocycles. The van der Waals surface area contributed by atoms with E-state index in [2.05, 4.69) is 55.7 Å². The summed E-state index contributed by atoms with van der Waals surface area (Å²) in [5.41, 5.74) is 2.55. The molecule has 0 spiro atoms. The lowest BCUT2D eigenvalue weighted by Crippen LogP contribution is -2.32. The van der Waals surface area contributed by atoms with Crippen molar-refractivity contribution in [3.05, 3.63) is 35.4 Å². The van der Waals surface area contributed by atoms with Gasteiger partial charge in [0.1, 0.15) is 0 Å². The third kappa shape index (κ3) is 4.19. The van der Waals surface area contributed by atoms with Crippen LogP contribution >= 0.6 is 0 Å². The van der Waals surface area contributed by atoms with Crippen LogP contribution in [0.3, 0.4) is 0 Å². The Morgan fingerprint density at radius 1 is 1.12 bits per heavy atom. The summed E-state index contributed by atoms with van der Waals surface area (Å²) in [6.45, 7) is 6.78. The van der Waals surface area contributed by atoms with E-state index in [-0.39, 0.29) is 11.9 Å². The molecule has 0 fully saturated rings. The quantitative estimate of drug-likeness (QED) is 0.820. The first-order valence-electron chi connectivity index (χ1n) is 6.08. The van der Waals surface area contributed by atoms with E-state index in [1.807, 2.05) is 0 Å². The molecule has 0 saturated heterocycles. The number of carbonyl (C=O) groups excluding carboxylic acids is 1. The number of hydrogen-bond donors (Lipinski definition) is 2. The van der Waals surface area contributed by atoms with Gasteiger partial charge in [0.05, 0.1) is 6.54 Å². The van der Waals surface area contributed by atoms with Gasteiger partial charge < -0.3 is 10.6 Å². The van der Waals surface area contributed by atoms with Crippen molar-refractivity contribution in [2.45, 2.75) is 32.7 Å². The highest BCUT2D eigenvalue weighted by atomic mass is 16.1. The maximum atomic E-state index is 11.1. The summed E-state index contributed by atoms with van der Waals surface area (Å²) in [6.07, 6.45) is 0. The molecule has 1 atom stereocenters. The molecule has 3 heteroatoms. The number of hydrogen-bond acceptors (Lipinski definition) is 2. The largest absolute Gasteiger partial charge is 0.358 e. The van der Waals surface area contributed by atoms with Crippen LogP contribution in [0.15, 0.2) is 24.3 Å². The number of nitrogens with one attached hydrogen (secondary N) is 2. The van der Waals surface area contributed by atoms with Gasteiger partial charge in [-0.25, -0.2) is 0 Å². The maximum absolute atomic E-state index is 11.1. The first-order chi connectivity index (χ1) is 8.04. The van der Waals surface area contributed by atoms with Crippen LogP contribution in [-0.4, -0.2) is 19.5 Å². The van der Waals surface area contributed by atoms with Crippen molar-refractivity contribution < 1.29 is 4.79 Å². The van der Waals surface area contributed by atoms with E-state index in [9.17, 15) is 4.79 Å². The molecule has 0 heterocycles. The number of rotatable bonds is 5. The molecule has 94 valence electrons. The fourth-order valence-corrected chi connectivity index (χ4v) is 1.62. The minimum Gasteiger partial charge on any atom is -0.358 e. The second-order valence-electron chi connectivity index (χ2n) is 4.60. The summed E-state index contributed by atoms with van der Waals surface area (Å²) in [5, 5.41) is 5.78. The lowest BCUT2D eigenvalue weighted by atomic mass is 10.00. The second kappa shape index (κ2) is 6.40. The Morgan fingerprint density at radius 2 is 1.65 bits per heavy atom. The van der Waals surface area contributed by atoms with Crippen LogP contribution in [0.1, 0.15) is 43.9 Å². The Hall–Kier alpha value is -1.35. The molecule has 0 aromatic heterocycles. The van der Waals surface area contributed by atoms with Crippen LogP contribution in [0, 0.1) is 0 Å². The summed E-state index contributed by atoms with van der Waals surface area (Å²) in [5.74, 6) is 0.564. The zero-order chi connectivity index (χ0) is 12.8. The minimum absolute atomic E-state index is 0.00986. The van der Waals surface area contributed by atoms with E-state index in [0.717, 1.165) is 0 Å².